The Morgan fingerprint density at radius 3 is 0.863 bits per heavy atom. The molecule has 0 saturated heterocycles. The third kappa shape index (κ3) is 9.45. The third-order valence-electron chi connectivity index (χ3n) is 18.4. The summed E-state index contributed by atoms with van der Waals surface area (Å²) >= 11 is 6.76. The van der Waals surface area contributed by atoms with Gasteiger partial charge in [0, 0.05) is 70.6 Å². The summed E-state index contributed by atoms with van der Waals surface area (Å²) in [5.74, 6) is 1.84. The minimum Gasteiger partial charge on any atom is -0.338 e. The highest BCUT2D eigenvalue weighted by molar-refractivity contribution is 6.31. The number of aromatic nitrogens is 8. The van der Waals surface area contributed by atoms with Gasteiger partial charge in [-0.25, -0.2) is 9.97 Å². The molecule has 0 saturated carbocycles. The van der Waals surface area contributed by atoms with Crippen LogP contribution in [0.5, 0.6) is 0 Å². The van der Waals surface area contributed by atoms with E-state index in [4.69, 9.17) is 16.6 Å². The summed E-state index contributed by atoms with van der Waals surface area (Å²) in [6.45, 7) is 0. The number of fused-ring (bicyclic) bond motifs is 14. The second-order valence-corrected chi connectivity index (χ2v) is 24.4. The van der Waals surface area contributed by atoms with E-state index in [1.807, 2.05) is 42.5 Å². The summed E-state index contributed by atoms with van der Waals surface area (Å²) in [6, 6.07) is 120. The molecule has 0 unspecified atom stereocenters. The van der Waals surface area contributed by atoms with Crippen LogP contribution in [-0.2, 0) is 0 Å². The number of para-hydroxylation sites is 12. The van der Waals surface area contributed by atoms with Crippen molar-refractivity contribution in [3.8, 4) is 51.2 Å². The fourth-order valence-corrected chi connectivity index (χ4v) is 14.6. The molecule has 0 aliphatic heterocycles. The quantitative estimate of drug-likeness (QED) is 0.173. The molecule has 20 aromatic rings. The molecule has 0 radical (unpaired) electrons. The number of hydrogen-bond donors (Lipinski definition) is 1. The van der Waals surface area contributed by atoms with Gasteiger partial charge in [-0.05, 0) is 109 Å². The predicted molar refractivity (Wildman–Crippen MR) is 397 cm³/mol. The molecule has 0 aliphatic carbocycles. The second kappa shape index (κ2) is 23.0. The molecule has 0 aliphatic rings. The number of rotatable bonds is 7. The van der Waals surface area contributed by atoms with Crippen LogP contribution in [0.4, 0.5) is 0 Å². The van der Waals surface area contributed by atoms with Gasteiger partial charge >= 0.3 is 0 Å². The van der Waals surface area contributed by atoms with Gasteiger partial charge in [0.05, 0.1) is 83.3 Å². The maximum Gasteiger partial charge on any atom is 0.145 e. The van der Waals surface area contributed by atoms with Crippen molar-refractivity contribution in [3.05, 3.63) is 345 Å². The van der Waals surface area contributed by atoms with Crippen molar-refractivity contribution in [2.45, 2.75) is 0 Å². The summed E-state index contributed by atoms with van der Waals surface area (Å²) < 4.78 is 11.8. The van der Waals surface area contributed by atoms with Crippen molar-refractivity contribution >= 4 is 121 Å². The van der Waals surface area contributed by atoms with Crippen molar-refractivity contribution in [2.75, 3.05) is 0 Å². The molecule has 8 nitrogen and oxygen atoms in total. The second-order valence-electron chi connectivity index (χ2n) is 23.9. The maximum absolute atomic E-state index is 6.76. The lowest BCUT2D eigenvalue weighted by atomic mass is 10.1. The van der Waals surface area contributed by atoms with E-state index in [9.17, 15) is 0 Å². The number of benzene rings is 14. The molecule has 448 valence electrons. The molecule has 0 fully saturated rings. The number of imidazole rings is 2. The average molecular weight is 1240 g/mol. The third-order valence-corrected chi connectivity index (χ3v) is 18.6. The highest BCUT2D eigenvalue weighted by Crippen LogP contribution is 2.41. The van der Waals surface area contributed by atoms with Crippen LogP contribution in [0.1, 0.15) is 0 Å². The number of nitrogens with one attached hydrogen (secondary N) is 1. The Morgan fingerprint density at radius 1 is 0.232 bits per heavy atom. The number of H-pyrrole nitrogens is 1. The molecule has 20 rings (SSSR count). The van der Waals surface area contributed by atoms with Crippen LogP contribution < -0.4 is 0 Å². The maximum atomic E-state index is 6.76. The smallest absolute Gasteiger partial charge is 0.145 e. The van der Waals surface area contributed by atoms with Crippen LogP contribution in [-0.4, -0.2) is 37.8 Å². The van der Waals surface area contributed by atoms with E-state index in [0.717, 1.165) is 73.3 Å². The number of halogens is 1. The largest absolute Gasteiger partial charge is 0.338 e. The highest BCUT2D eigenvalue weighted by atomic mass is 35.5. The number of nitrogens with zero attached hydrogens (tertiary/aromatic N) is 7. The van der Waals surface area contributed by atoms with Gasteiger partial charge in [-0.15, -0.1) is 0 Å². The first-order chi connectivity index (χ1) is 47.1. The van der Waals surface area contributed by atoms with Gasteiger partial charge in [-0.1, -0.05) is 242 Å². The molecule has 0 atom stereocenters. The highest BCUT2D eigenvalue weighted by Gasteiger charge is 2.22. The lowest BCUT2D eigenvalue weighted by Crippen LogP contribution is -2.04. The lowest BCUT2D eigenvalue weighted by Gasteiger charge is -2.17. The van der Waals surface area contributed by atoms with Gasteiger partial charge in [0.25, 0.3) is 0 Å². The summed E-state index contributed by atoms with van der Waals surface area (Å²) in [4.78, 5) is 13.0. The molecular weight excluding hydrogens is 1180 g/mol. The van der Waals surface area contributed by atoms with E-state index >= 15 is 0 Å². The first-order valence-corrected chi connectivity index (χ1v) is 32.4. The zero-order valence-electron chi connectivity index (χ0n) is 51.3. The van der Waals surface area contributed by atoms with Crippen LogP contribution in [0, 0.1) is 0 Å². The molecule has 1 N–H and O–H groups in total. The van der Waals surface area contributed by atoms with Crippen LogP contribution in [0.15, 0.2) is 340 Å². The van der Waals surface area contributed by atoms with Gasteiger partial charge in [0.15, 0.2) is 0 Å². The molecule has 9 heteroatoms. The van der Waals surface area contributed by atoms with Gasteiger partial charge in [-0.2, -0.15) is 0 Å². The fourth-order valence-electron chi connectivity index (χ4n) is 14.3. The zero-order valence-corrected chi connectivity index (χ0v) is 52.1. The minimum atomic E-state index is 0.714. The number of aromatic amines is 1. The van der Waals surface area contributed by atoms with Crippen LogP contribution in [0.3, 0.4) is 0 Å². The molecule has 0 bridgehead atoms. The Bertz CT molecular complexity index is 5810. The van der Waals surface area contributed by atoms with Crippen molar-refractivity contribution in [1.29, 1.82) is 0 Å². The lowest BCUT2D eigenvalue weighted by molar-refractivity contribution is 1.07. The molecule has 0 amide bonds. The van der Waals surface area contributed by atoms with Crippen molar-refractivity contribution in [2.24, 2.45) is 0 Å². The molecule has 6 heterocycles. The van der Waals surface area contributed by atoms with E-state index in [1.54, 1.807) is 0 Å². The SMILES string of the molecule is Clc1cc(-n2c3ccccc3c3ccccc32)cc(-n2c3ccccc3c3ccccc32)c1.c1ccc(-c2nc3ccccc3[nH]2)cc1.c1ccc(-c2nc3ccccc3n2-c2cc(-n3c4ccccc4c4ccccc43)cc(-n3c4ccccc4c4ccccc43)c2)cc1. The average Bonchev–Trinajstić information content (AvgIpc) is 1.61. The van der Waals surface area contributed by atoms with Gasteiger partial charge in [0.2, 0.25) is 0 Å². The van der Waals surface area contributed by atoms with E-state index in [1.165, 1.54) is 87.2 Å². The Hall–Kier alpha value is -12.5. The first-order valence-electron chi connectivity index (χ1n) is 32.0. The normalized spacial score (nSPS) is 11.6. The standard InChI is InChI=1S/C43H28N4.C30H19ClN2.C13H10N2/c1-2-14-29(15-3-1)43-44-37-20-8-13-25-42(37)47(43)32-27-30(45-38-21-9-4-16-33(38)34-17-5-10-22-39(34)45)26-31(28-32)46-40-23-11-6-18-35(40)36-19-7-12-24-41(36)46;31-20-17-21(32-27-13-5-1-9-23(27)24-10-2-6-14-28(24)32)19-22(18-20)33-29-15-7-3-11-25(29)26-12-4-8-16-30(26)33;1-2-6-10(7-3-1)13-14-11-8-4-5-9-12(11)15-13/h1-28H;1-19H;1-9H,(H,14,15). The zero-order chi connectivity index (χ0) is 62.9. The Labute approximate surface area is 551 Å². The van der Waals surface area contributed by atoms with Crippen molar-refractivity contribution < 1.29 is 0 Å². The van der Waals surface area contributed by atoms with E-state index in [2.05, 4.69) is 330 Å². The van der Waals surface area contributed by atoms with Crippen molar-refractivity contribution in [3.63, 3.8) is 0 Å². The number of hydrogen-bond acceptors (Lipinski definition) is 2. The first kappa shape index (κ1) is 55.4. The predicted octanol–water partition coefficient (Wildman–Crippen LogP) is 22.7. The van der Waals surface area contributed by atoms with Crippen LogP contribution in [0.2, 0.25) is 5.02 Å². The Kier molecular flexibility index (Phi) is 13.4. The van der Waals surface area contributed by atoms with Gasteiger partial charge < -0.3 is 23.3 Å². The Morgan fingerprint density at radius 2 is 0.505 bits per heavy atom. The minimum absolute atomic E-state index is 0.714. The fraction of sp³-hybridized carbons (Fsp3) is 0. The van der Waals surface area contributed by atoms with E-state index in [0.29, 0.717) is 5.02 Å². The molecule has 0 spiro atoms. The monoisotopic (exact) mass is 1240 g/mol. The van der Waals surface area contributed by atoms with Crippen LogP contribution >= 0.6 is 11.6 Å². The molecule has 95 heavy (non-hydrogen) atoms. The summed E-state index contributed by atoms with van der Waals surface area (Å²) in [7, 11) is 0. The molecule has 14 aromatic carbocycles. The van der Waals surface area contributed by atoms with E-state index in [-0.39, 0.29) is 0 Å². The van der Waals surface area contributed by atoms with Crippen LogP contribution in [0.25, 0.3) is 161 Å². The Balaban J connectivity index is 0.000000118. The molecule has 6 aromatic heterocycles. The summed E-state index contributed by atoms with van der Waals surface area (Å²) in [6.07, 6.45) is 0. The topological polar surface area (TPSA) is 66.2 Å². The van der Waals surface area contributed by atoms with Gasteiger partial charge in [-0.3, -0.25) is 4.57 Å². The molecular formula is C86H57ClN8. The van der Waals surface area contributed by atoms with Gasteiger partial charge in [0.1, 0.15) is 11.6 Å². The van der Waals surface area contributed by atoms with E-state index < -0.39 is 0 Å². The van der Waals surface area contributed by atoms with Crippen molar-refractivity contribution in [1.82, 2.24) is 37.8 Å². The summed E-state index contributed by atoms with van der Waals surface area (Å²) in [5, 5.41) is 10.6. The summed E-state index contributed by atoms with van der Waals surface area (Å²) in [5.41, 5.74) is 21.1.